The van der Waals surface area contributed by atoms with Gasteiger partial charge in [0.2, 0.25) is 0 Å². The number of hydrogen-bond donors (Lipinski definition) is 2. The van der Waals surface area contributed by atoms with Gasteiger partial charge in [0.15, 0.2) is 0 Å². The highest BCUT2D eigenvalue weighted by Gasteiger charge is 2.16. The second-order valence-electron chi connectivity index (χ2n) is 3.68. The molecule has 1 unspecified atom stereocenters. The van der Waals surface area contributed by atoms with Gasteiger partial charge < -0.3 is 10.2 Å². The molecule has 1 rings (SSSR count). The molecule has 0 saturated carbocycles. The summed E-state index contributed by atoms with van der Waals surface area (Å²) < 4.78 is 0.606. The van der Waals surface area contributed by atoms with E-state index >= 15 is 0 Å². The van der Waals surface area contributed by atoms with Crippen molar-refractivity contribution in [2.24, 2.45) is 0 Å². The molecule has 3 nitrogen and oxygen atoms in total. The fraction of sp³-hybridized carbons (Fsp3) is 0.364. The Bertz CT molecular complexity index is 388. The highest BCUT2D eigenvalue weighted by atomic mass is 79.9. The zero-order chi connectivity index (χ0) is 11.6. The van der Waals surface area contributed by atoms with Gasteiger partial charge in [-0.25, -0.2) is 0 Å². The monoisotopic (exact) mass is 272 g/mol. The Morgan fingerprint density at radius 3 is 2.67 bits per heavy atom. The SMILES string of the molecule is Cc1cc(Br)c(O)c(C(C)CC(=O)O)c1. The maximum atomic E-state index is 10.6. The highest BCUT2D eigenvalue weighted by Crippen LogP contribution is 2.35. The number of aryl methyl sites for hydroxylation is 1. The van der Waals surface area contributed by atoms with E-state index in [1.165, 1.54) is 0 Å². The highest BCUT2D eigenvalue weighted by molar-refractivity contribution is 9.10. The van der Waals surface area contributed by atoms with Crippen LogP contribution in [-0.2, 0) is 4.79 Å². The number of benzene rings is 1. The molecular weight excluding hydrogens is 260 g/mol. The summed E-state index contributed by atoms with van der Waals surface area (Å²) in [6, 6.07) is 3.61. The van der Waals surface area contributed by atoms with Gasteiger partial charge in [0.1, 0.15) is 5.75 Å². The minimum absolute atomic E-state index is 0.0173. The van der Waals surface area contributed by atoms with Crippen molar-refractivity contribution >= 4 is 21.9 Å². The normalized spacial score (nSPS) is 12.5. The Hall–Kier alpha value is -1.03. The molecule has 0 radical (unpaired) electrons. The van der Waals surface area contributed by atoms with E-state index in [4.69, 9.17) is 5.11 Å². The van der Waals surface area contributed by atoms with Crippen molar-refractivity contribution in [1.29, 1.82) is 0 Å². The Morgan fingerprint density at radius 1 is 1.53 bits per heavy atom. The average Bonchev–Trinajstić information content (AvgIpc) is 2.09. The second kappa shape index (κ2) is 4.66. The van der Waals surface area contributed by atoms with Gasteiger partial charge in [-0.15, -0.1) is 0 Å². The van der Waals surface area contributed by atoms with Crippen LogP contribution in [0.4, 0.5) is 0 Å². The van der Waals surface area contributed by atoms with Gasteiger partial charge in [0.05, 0.1) is 10.9 Å². The third-order valence-corrected chi connectivity index (χ3v) is 2.85. The van der Waals surface area contributed by atoms with Crippen molar-refractivity contribution in [3.8, 4) is 5.75 Å². The van der Waals surface area contributed by atoms with Crippen molar-refractivity contribution in [2.75, 3.05) is 0 Å². The van der Waals surface area contributed by atoms with Gasteiger partial charge >= 0.3 is 5.97 Å². The van der Waals surface area contributed by atoms with E-state index < -0.39 is 5.97 Å². The molecule has 1 atom stereocenters. The number of aromatic hydroxyl groups is 1. The summed E-state index contributed by atoms with van der Waals surface area (Å²) in [6.07, 6.45) is 0.0173. The summed E-state index contributed by atoms with van der Waals surface area (Å²) in [5.74, 6) is -0.924. The van der Waals surface area contributed by atoms with Gasteiger partial charge in [-0.3, -0.25) is 4.79 Å². The van der Waals surface area contributed by atoms with E-state index in [1.807, 2.05) is 13.0 Å². The van der Waals surface area contributed by atoms with Crippen molar-refractivity contribution in [1.82, 2.24) is 0 Å². The van der Waals surface area contributed by atoms with Crippen LogP contribution in [0.15, 0.2) is 16.6 Å². The van der Waals surface area contributed by atoms with Crippen LogP contribution in [0.2, 0.25) is 0 Å². The lowest BCUT2D eigenvalue weighted by molar-refractivity contribution is -0.137. The number of halogens is 1. The number of carboxylic acid groups (broad SMARTS) is 1. The molecule has 0 heterocycles. The van der Waals surface area contributed by atoms with E-state index in [2.05, 4.69) is 15.9 Å². The number of phenolic OH excluding ortho intramolecular Hbond substituents is 1. The van der Waals surface area contributed by atoms with Gasteiger partial charge in [-0.1, -0.05) is 13.0 Å². The van der Waals surface area contributed by atoms with Crippen LogP contribution in [0.3, 0.4) is 0 Å². The lowest BCUT2D eigenvalue weighted by Gasteiger charge is -2.13. The van der Waals surface area contributed by atoms with E-state index in [0.29, 0.717) is 10.0 Å². The molecule has 0 fully saturated rings. The summed E-state index contributed by atoms with van der Waals surface area (Å²) in [4.78, 5) is 10.6. The van der Waals surface area contributed by atoms with Crippen molar-refractivity contribution in [3.05, 3.63) is 27.7 Å². The second-order valence-corrected chi connectivity index (χ2v) is 4.54. The maximum absolute atomic E-state index is 10.6. The molecule has 0 amide bonds. The van der Waals surface area contributed by atoms with Crippen molar-refractivity contribution in [3.63, 3.8) is 0 Å². The molecule has 4 heteroatoms. The quantitative estimate of drug-likeness (QED) is 0.889. The summed E-state index contributed by atoms with van der Waals surface area (Å²) >= 11 is 3.23. The minimum Gasteiger partial charge on any atom is -0.506 e. The molecule has 2 N–H and O–H groups in total. The molecule has 0 bridgehead atoms. The van der Waals surface area contributed by atoms with Crippen LogP contribution in [0.5, 0.6) is 5.75 Å². The van der Waals surface area contributed by atoms with Crippen LogP contribution < -0.4 is 0 Å². The van der Waals surface area contributed by atoms with Gasteiger partial charge in [-0.05, 0) is 46.0 Å². The molecule has 0 aliphatic rings. The third kappa shape index (κ3) is 2.96. The van der Waals surface area contributed by atoms with Crippen molar-refractivity contribution in [2.45, 2.75) is 26.2 Å². The molecule has 0 spiro atoms. The topological polar surface area (TPSA) is 57.5 Å². The Balaban J connectivity index is 3.07. The summed E-state index contributed by atoms with van der Waals surface area (Å²) in [5, 5.41) is 18.4. The summed E-state index contributed by atoms with van der Waals surface area (Å²) in [6.45, 7) is 3.69. The number of rotatable bonds is 3. The lowest BCUT2D eigenvalue weighted by Crippen LogP contribution is -2.03. The summed E-state index contributed by atoms with van der Waals surface area (Å²) in [5.41, 5.74) is 1.66. The third-order valence-electron chi connectivity index (χ3n) is 2.25. The number of carboxylic acids is 1. The van der Waals surface area contributed by atoms with E-state index in [1.54, 1.807) is 13.0 Å². The van der Waals surface area contributed by atoms with Gasteiger partial charge in [0, 0.05) is 0 Å². The zero-order valence-electron chi connectivity index (χ0n) is 8.62. The lowest BCUT2D eigenvalue weighted by atomic mass is 9.95. The first kappa shape index (κ1) is 12.0. The van der Waals surface area contributed by atoms with Crippen molar-refractivity contribution < 1.29 is 15.0 Å². The molecule has 0 aliphatic heterocycles. The predicted octanol–water partition coefficient (Wildman–Crippen LogP) is 3.04. The van der Waals surface area contributed by atoms with Crippen LogP contribution in [0.1, 0.15) is 30.4 Å². The first-order chi connectivity index (χ1) is 6.91. The number of aliphatic carboxylic acids is 1. The fourth-order valence-electron chi connectivity index (χ4n) is 1.51. The zero-order valence-corrected chi connectivity index (χ0v) is 10.2. The fourth-order valence-corrected chi connectivity index (χ4v) is 2.10. The molecular formula is C11H13BrO3. The largest absolute Gasteiger partial charge is 0.506 e. The number of phenols is 1. The van der Waals surface area contributed by atoms with Gasteiger partial charge in [-0.2, -0.15) is 0 Å². The van der Waals surface area contributed by atoms with Crippen LogP contribution in [0, 0.1) is 6.92 Å². The smallest absolute Gasteiger partial charge is 0.303 e. The first-order valence-corrected chi connectivity index (χ1v) is 5.42. The van der Waals surface area contributed by atoms with E-state index in [-0.39, 0.29) is 18.1 Å². The molecule has 1 aromatic rings. The Labute approximate surface area is 96.9 Å². The maximum Gasteiger partial charge on any atom is 0.303 e. The number of hydrogen-bond acceptors (Lipinski definition) is 2. The minimum atomic E-state index is -0.862. The Kier molecular flexibility index (Phi) is 3.74. The molecule has 82 valence electrons. The van der Waals surface area contributed by atoms with Crippen LogP contribution >= 0.6 is 15.9 Å². The van der Waals surface area contributed by atoms with E-state index in [9.17, 15) is 9.90 Å². The Morgan fingerprint density at radius 2 is 2.13 bits per heavy atom. The van der Waals surface area contributed by atoms with Gasteiger partial charge in [0.25, 0.3) is 0 Å². The molecule has 0 saturated heterocycles. The number of carbonyl (C=O) groups is 1. The van der Waals surface area contributed by atoms with Crippen LogP contribution in [-0.4, -0.2) is 16.2 Å². The predicted molar refractivity (Wildman–Crippen MR) is 61.2 cm³/mol. The van der Waals surface area contributed by atoms with E-state index in [0.717, 1.165) is 5.56 Å². The summed E-state index contributed by atoms with van der Waals surface area (Å²) in [7, 11) is 0. The molecule has 1 aromatic carbocycles. The molecule has 0 aliphatic carbocycles. The van der Waals surface area contributed by atoms with Crippen LogP contribution in [0.25, 0.3) is 0 Å². The average molecular weight is 273 g/mol. The standard InChI is InChI=1S/C11H13BrO3/c1-6-3-8(7(2)5-10(13)14)11(15)9(12)4-6/h3-4,7,15H,5H2,1-2H3,(H,13,14). The molecule has 0 aromatic heterocycles. The molecule has 15 heavy (non-hydrogen) atoms. The first-order valence-electron chi connectivity index (χ1n) is 4.62.